The molecule has 158 valence electrons. The van der Waals surface area contributed by atoms with E-state index >= 15 is 0 Å². The third kappa shape index (κ3) is 4.37. The Hall–Kier alpha value is -2.86. The molecule has 32 heavy (non-hydrogen) atoms. The van der Waals surface area contributed by atoms with Gasteiger partial charge in [-0.3, -0.25) is 4.79 Å². The van der Waals surface area contributed by atoms with Crippen molar-refractivity contribution in [2.75, 3.05) is 0 Å². The summed E-state index contributed by atoms with van der Waals surface area (Å²) in [6, 6.07) is 25.1. The van der Waals surface area contributed by atoms with Crippen molar-refractivity contribution in [1.29, 1.82) is 0 Å². The molecule has 0 bridgehead atoms. The number of carbonyl (C=O) groups is 1. The number of hydrogen-bond donors (Lipinski definition) is 0. The van der Waals surface area contributed by atoms with E-state index in [2.05, 4.69) is 4.99 Å². The zero-order valence-electron chi connectivity index (χ0n) is 16.8. The summed E-state index contributed by atoms with van der Waals surface area (Å²) in [5.41, 5.74) is 3.97. The van der Waals surface area contributed by atoms with Crippen LogP contribution < -0.4 is 0 Å². The van der Waals surface area contributed by atoms with Gasteiger partial charge in [0, 0.05) is 16.5 Å². The van der Waals surface area contributed by atoms with Gasteiger partial charge in [0.15, 0.2) is 5.17 Å². The van der Waals surface area contributed by atoms with E-state index in [1.165, 1.54) is 11.8 Å². The second-order valence-corrected chi connectivity index (χ2v) is 9.27. The Balaban J connectivity index is 1.47. The van der Waals surface area contributed by atoms with E-state index in [4.69, 9.17) is 28.3 Å². The fourth-order valence-corrected chi connectivity index (χ4v) is 4.81. The van der Waals surface area contributed by atoms with Crippen molar-refractivity contribution in [3.05, 3.63) is 111 Å². The zero-order valence-corrected chi connectivity index (χ0v) is 19.1. The maximum absolute atomic E-state index is 12.7. The van der Waals surface area contributed by atoms with Gasteiger partial charge in [-0.1, -0.05) is 77.8 Å². The monoisotopic (exact) mass is 477 g/mol. The van der Waals surface area contributed by atoms with E-state index in [-0.39, 0.29) is 11.9 Å². The summed E-state index contributed by atoms with van der Waals surface area (Å²) < 4.78 is 0. The number of carbonyl (C=O) groups excluding carboxylic acids is 1. The molecule has 1 amide bonds. The van der Waals surface area contributed by atoms with E-state index in [0.717, 1.165) is 22.4 Å². The van der Waals surface area contributed by atoms with E-state index in [0.29, 0.717) is 26.5 Å². The quantitative estimate of drug-likeness (QED) is 0.388. The molecule has 0 spiro atoms. The maximum atomic E-state index is 12.7. The van der Waals surface area contributed by atoms with Crippen LogP contribution in [0.1, 0.15) is 29.2 Å². The molecule has 2 heterocycles. The van der Waals surface area contributed by atoms with Gasteiger partial charge in [0.05, 0.1) is 16.7 Å². The van der Waals surface area contributed by atoms with E-state index in [9.17, 15) is 4.79 Å². The van der Waals surface area contributed by atoms with Crippen molar-refractivity contribution in [3.63, 3.8) is 0 Å². The molecule has 0 radical (unpaired) electrons. The van der Waals surface area contributed by atoms with Crippen LogP contribution in [0.2, 0.25) is 10.0 Å². The lowest BCUT2D eigenvalue weighted by molar-refractivity contribution is -0.113. The van der Waals surface area contributed by atoms with Crippen LogP contribution in [0, 0.1) is 0 Å². The number of halogens is 2. The molecular formula is C25H17Cl2N3OS. The van der Waals surface area contributed by atoms with Gasteiger partial charge in [-0.15, -0.1) is 0 Å². The minimum absolute atomic E-state index is 0.0728. The van der Waals surface area contributed by atoms with Gasteiger partial charge in [-0.05, 0) is 58.8 Å². The van der Waals surface area contributed by atoms with Gasteiger partial charge in [-0.2, -0.15) is 10.1 Å². The molecule has 4 nitrogen and oxygen atoms in total. The largest absolute Gasteiger partial charge is 0.286 e. The molecule has 5 rings (SSSR count). The summed E-state index contributed by atoms with van der Waals surface area (Å²) in [4.78, 5) is 17.5. The van der Waals surface area contributed by atoms with E-state index in [1.54, 1.807) is 12.1 Å². The smallest absolute Gasteiger partial charge is 0.266 e. The Bertz CT molecular complexity index is 1250. The minimum Gasteiger partial charge on any atom is -0.266 e. The predicted molar refractivity (Wildman–Crippen MR) is 133 cm³/mol. The molecule has 0 saturated heterocycles. The molecule has 0 fully saturated rings. The Morgan fingerprint density at radius 1 is 0.906 bits per heavy atom. The Morgan fingerprint density at radius 3 is 2.25 bits per heavy atom. The highest BCUT2D eigenvalue weighted by Crippen LogP contribution is 2.39. The van der Waals surface area contributed by atoms with Crippen molar-refractivity contribution in [2.24, 2.45) is 10.1 Å². The number of hydrazone groups is 1. The SMILES string of the molecule is O=C1N=C(N2N=C(c3ccccc3)CC2c2ccc(Cl)cc2)S/C1=C\c1ccc(Cl)cc1. The van der Waals surface area contributed by atoms with Gasteiger partial charge in [-0.25, -0.2) is 5.01 Å². The Labute approximate surface area is 200 Å². The zero-order chi connectivity index (χ0) is 22.1. The Kier molecular flexibility index (Phi) is 5.87. The van der Waals surface area contributed by atoms with Crippen molar-refractivity contribution >= 4 is 57.8 Å². The van der Waals surface area contributed by atoms with Crippen molar-refractivity contribution < 1.29 is 4.79 Å². The average Bonchev–Trinajstić information content (AvgIpc) is 3.41. The average molecular weight is 478 g/mol. The van der Waals surface area contributed by atoms with Gasteiger partial charge in [0.2, 0.25) is 0 Å². The molecule has 1 unspecified atom stereocenters. The van der Waals surface area contributed by atoms with Crippen molar-refractivity contribution in [3.8, 4) is 0 Å². The first kappa shape index (κ1) is 21.0. The number of thioether (sulfide) groups is 1. The first-order valence-corrected chi connectivity index (χ1v) is 11.6. The number of rotatable bonds is 3. The highest BCUT2D eigenvalue weighted by Gasteiger charge is 2.36. The number of amides is 1. The van der Waals surface area contributed by atoms with E-state index in [1.807, 2.05) is 77.8 Å². The van der Waals surface area contributed by atoms with Crippen LogP contribution in [0.5, 0.6) is 0 Å². The summed E-state index contributed by atoms with van der Waals surface area (Å²) in [5.74, 6) is -0.266. The maximum Gasteiger partial charge on any atom is 0.286 e. The highest BCUT2D eigenvalue weighted by atomic mass is 35.5. The standard InChI is InChI=1S/C25H17Cl2N3OS/c26-19-10-6-16(7-11-19)14-23-24(31)28-25(32-23)30-22(18-8-12-20(27)13-9-18)15-21(29-30)17-4-2-1-3-5-17/h1-14,22H,15H2/b23-14-. The summed E-state index contributed by atoms with van der Waals surface area (Å²) in [6.07, 6.45) is 2.53. The fourth-order valence-electron chi connectivity index (χ4n) is 3.64. The number of aliphatic imine (C=N–C) groups is 1. The number of nitrogens with zero attached hydrogens (tertiary/aromatic N) is 3. The molecule has 0 aromatic heterocycles. The lowest BCUT2D eigenvalue weighted by Gasteiger charge is -2.22. The molecular weight excluding hydrogens is 461 g/mol. The lowest BCUT2D eigenvalue weighted by atomic mass is 9.99. The molecule has 0 aliphatic carbocycles. The summed E-state index contributed by atoms with van der Waals surface area (Å²) >= 11 is 13.4. The topological polar surface area (TPSA) is 45.0 Å². The highest BCUT2D eigenvalue weighted by molar-refractivity contribution is 8.18. The lowest BCUT2D eigenvalue weighted by Crippen LogP contribution is -2.23. The van der Waals surface area contributed by atoms with Gasteiger partial charge in [0.25, 0.3) is 5.91 Å². The molecule has 0 saturated carbocycles. The van der Waals surface area contributed by atoms with Gasteiger partial charge < -0.3 is 0 Å². The molecule has 2 aliphatic heterocycles. The predicted octanol–water partition coefficient (Wildman–Crippen LogP) is 6.82. The first-order chi connectivity index (χ1) is 15.6. The second-order valence-electron chi connectivity index (χ2n) is 7.39. The first-order valence-electron chi connectivity index (χ1n) is 10.0. The summed E-state index contributed by atoms with van der Waals surface area (Å²) in [7, 11) is 0. The van der Waals surface area contributed by atoms with Crippen LogP contribution in [-0.2, 0) is 4.79 Å². The van der Waals surface area contributed by atoms with Crippen molar-refractivity contribution in [2.45, 2.75) is 12.5 Å². The van der Waals surface area contributed by atoms with Crippen LogP contribution in [0.15, 0.2) is 93.9 Å². The van der Waals surface area contributed by atoms with Crippen molar-refractivity contribution in [1.82, 2.24) is 5.01 Å². The molecule has 2 aliphatic rings. The summed E-state index contributed by atoms with van der Waals surface area (Å²) in [5, 5.41) is 8.64. The molecule has 0 N–H and O–H groups in total. The molecule has 7 heteroatoms. The molecule has 1 atom stereocenters. The van der Waals surface area contributed by atoms with Crippen LogP contribution in [-0.4, -0.2) is 21.8 Å². The fraction of sp³-hybridized carbons (Fsp3) is 0.0800. The second kappa shape index (κ2) is 8.94. The van der Waals surface area contributed by atoms with E-state index < -0.39 is 0 Å². The minimum atomic E-state index is -0.266. The molecule has 3 aromatic carbocycles. The van der Waals surface area contributed by atoms with Gasteiger partial charge in [0.1, 0.15) is 0 Å². The third-order valence-electron chi connectivity index (χ3n) is 5.25. The number of amidine groups is 1. The normalized spacial score (nSPS) is 19.4. The Morgan fingerprint density at radius 2 is 1.56 bits per heavy atom. The van der Waals surface area contributed by atoms with Gasteiger partial charge >= 0.3 is 0 Å². The third-order valence-corrected chi connectivity index (χ3v) is 6.72. The summed E-state index contributed by atoms with van der Waals surface area (Å²) in [6.45, 7) is 0. The number of hydrogen-bond acceptors (Lipinski definition) is 4. The van der Waals surface area contributed by atoms with Crippen LogP contribution in [0.4, 0.5) is 0 Å². The number of benzene rings is 3. The van der Waals surface area contributed by atoms with Crippen LogP contribution in [0.3, 0.4) is 0 Å². The molecule has 3 aromatic rings. The van der Waals surface area contributed by atoms with Crippen LogP contribution >= 0.6 is 35.0 Å². The van der Waals surface area contributed by atoms with Crippen LogP contribution in [0.25, 0.3) is 6.08 Å².